The number of hydrogen-bond donors (Lipinski definition) is 1. The summed E-state index contributed by atoms with van der Waals surface area (Å²) in [4.78, 5) is 16.8. The van der Waals surface area contributed by atoms with Gasteiger partial charge in [-0.3, -0.25) is 9.78 Å². The van der Waals surface area contributed by atoms with Crippen molar-refractivity contribution < 1.29 is 9.18 Å². The van der Waals surface area contributed by atoms with Gasteiger partial charge in [0.1, 0.15) is 18.2 Å². The van der Waals surface area contributed by atoms with Gasteiger partial charge in [0.2, 0.25) is 0 Å². The summed E-state index contributed by atoms with van der Waals surface area (Å²) >= 11 is 0. The summed E-state index contributed by atoms with van der Waals surface area (Å²) in [5.74, 6) is -0.368. The number of nitriles is 1. The summed E-state index contributed by atoms with van der Waals surface area (Å²) in [7, 11) is 1.84. The van der Waals surface area contributed by atoms with E-state index in [2.05, 4.69) is 20.5 Å². The molecule has 0 radical (unpaired) electrons. The fraction of sp³-hybridized carbons (Fsp3) is 0.0455. The Bertz CT molecular complexity index is 1270. The zero-order valence-corrected chi connectivity index (χ0v) is 15.9. The zero-order valence-electron chi connectivity index (χ0n) is 15.9. The molecule has 1 amide bonds. The molecule has 2 aromatic carbocycles. The van der Waals surface area contributed by atoms with Crippen molar-refractivity contribution in [1.82, 2.24) is 19.7 Å². The number of aryl methyl sites for hydroxylation is 1. The van der Waals surface area contributed by atoms with Gasteiger partial charge in [0, 0.05) is 35.6 Å². The standard InChI is InChI=1S/C22H15FN6O/c1-29-13-26-28-21(29)14-4-6-19(7-5-14)27-22(30)17-9-16(10-18(23)11-17)20-15(12-24)3-2-8-25-20/h2-11,13H,1H3,(H,27,30). The van der Waals surface area contributed by atoms with Crippen molar-refractivity contribution in [2.24, 2.45) is 7.05 Å². The molecule has 0 aliphatic carbocycles. The molecule has 0 spiro atoms. The molecule has 0 saturated carbocycles. The zero-order chi connectivity index (χ0) is 21.1. The molecule has 0 saturated heterocycles. The van der Waals surface area contributed by atoms with E-state index < -0.39 is 11.7 Å². The predicted molar refractivity (Wildman–Crippen MR) is 109 cm³/mol. The van der Waals surface area contributed by atoms with E-state index in [1.807, 2.05) is 25.2 Å². The summed E-state index contributed by atoms with van der Waals surface area (Å²) < 4.78 is 16.0. The molecule has 2 aromatic heterocycles. The van der Waals surface area contributed by atoms with E-state index >= 15 is 0 Å². The highest BCUT2D eigenvalue weighted by atomic mass is 19.1. The second-order valence-corrected chi connectivity index (χ2v) is 6.54. The number of pyridine rings is 1. The molecular weight excluding hydrogens is 383 g/mol. The van der Waals surface area contributed by atoms with Crippen LogP contribution in [0.2, 0.25) is 0 Å². The van der Waals surface area contributed by atoms with Crippen LogP contribution in [0.1, 0.15) is 15.9 Å². The minimum atomic E-state index is -0.593. The average Bonchev–Trinajstić information content (AvgIpc) is 3.19. The lowest BCUT2D eigenvalue weighted by Crippen LogP contribution is -2.12. The first-order valence-electron chi connectivity index (χ1n) is 8.97. The number of hydrogen-bond acceptors (Lipinski definition) is 5. The monoisotopic (exact) mass is 398 g/mol. The maximum absolute atomic E-state index is 14.2. The SMILES string of the molecule is Cn1cnnc1-c1ccc(NC(=O)c2cc(F)cc(-c3ncccc3C#N)c2)cc1. The predicted octanol–water partition coefficient (Wildman–Crippen LogP) is 3.81. The van der Waals surface area contributed by atoms with Crippen molar-refractivity contribution in [3.8, 4) is 28.7 Å². The van der Waals surface area contributed by atoms with Crippen LogP contribution in [-0.2, 0) is 7.05 Å². The van der Waals surface area contributed by atoms with Crippen molar-refractivity contribution in [3.05, 3.63) is 84.1 Å². The largest absolute Gasteiger partial charge is 0.322 e. The van der Waals surface area contributed by atoms with Gasteiger partial charge in [-0.25, -0.2) is 4.39 Å². The Kier molecular flexibility index (Phi) is 5.01. The molecule has 0 aliphatic rings. The first-order chi connectivity index (χ1) is 14.5. The van der Waals surface area contributed by atoms with Crippen LogP contribution in [0.3, 0.4) is 0 Å². The second-order valence-electron chi connectivity index (χ2n) is 6.54. The van der Waals surface area contributed by atoms with Gasteiger partial charge in [-0.15, -0.1) is 10.2 Å². The number of carbonyl (C=O) groups is 1. The number of nitrogens with zero attached hydrogens (tertiary/aromatic N) is 5. The Morgan fingerprint density at radius 1 is 1.13 bits per heavy atom. The van der Waals surface area contributed by atoms with Gasteiger partial charge in [-0.2, -0.15) is 5.26 Å². The molecule has 2 heterocycles. The van der Waals surface area contributed by atoms with Gasteiger partial charge in [0.25, 0.3) is 5.91 Å². The lowest BCUT2D eigenvalue weighted by atomic mass is 10.0. The van der Waals surface area contributed by atoms with Crippen LogP contribution >= 0.6 is 0 Å². The normalized spacial score (nSPS) is 10.4. The summed E-state index contributed by atoms with van der Waals surface area (Å²) in [6, 6.07) is 16.2. The van der Waals surface area contributed by atoms with Crippen LogP contribution in [0, 0.1) is 17.1 Å². The Labute approximate surface area is 171 Å². The molecule has 0 aliphatic heterocycles. The number of carbonyl (C=O) groups excluding carboxylic acids is 1. The molecular formula is C22H15FN6O. The minimum Gasteiger partial charge on any atom is -0.322 e. The number of nitrogens with one attached hydrogen (secondary N) is 1. The minimum absolute atomic E-state index is 0.122. The first-order valence-corrected chi connectivity index (χ1v) is 8.97. The van der Waals surface area contributed by atoms with E-state index in [1.165, 1.54) is 18.3 Å². The van der Waals surface area contributed by atoms with Crippen LogP contribution in [0.5, 0.6) is 0 Å². The third-order valence-electron chi connectivity index (χ3n) is 4.47. The average molecular weight is 398 g/mol. The van der Waals surface area contributed by atoms with E-state index in [4.69, 9.17) is 0 Å². The van der Waals surface area contributed by atoms with Crippen molar-refractivity contribution in [2.45, 2.75) is 0 Å². The Morgan fingerprint density at radius 2 is 1.93 bits per heavy atom. The number of aromatic nitrogens is 4. The van der Waals surface area contributed by atoms with Gasteiger partial charge in [-0.1, -0.05) is 0 Å². The molecule has 30 heavy (non-hydrogen) atoms. The number of halogens is 1. The molecule has 0 bridgehead atoms. The summed E-state index contributed by atoms with van der Waals surface area (Å²) in [6.45, 7) is 0. The summed E-state index contributed by atoms with van der Waals surface area (Å²) in [6.07, 6.45) is 3.12. The molecule has 146 valence electrons. The quantitative estimate of drug-likeness (QED) is 0.564. The van der Waals surface area contributed by atoms with Crippen molar-refractivity contribution in [1.29, 1.82) is 5.26 Å². The topological polar surface area (TPSA) is 96.5 Å². The maximum atomic E-state index is 14.2. The maximum Gasteiger partial charge on any atom is 0.255 e. The Hall–Kier alpha value is -4.38. The molecule has 0 unspecified atom stereocenters. The summed E-state index contributed by atoms with van der Waals surface area (Å²) in [5.41, 5.74) is 2.50. The highest BCUT2D eigenvalue weighted by Gasteiger charge is 2.14. The van der Waals surface area contributed by atoms with Crippen molar-refractivity contribution in [3.63, 3.8) is 0 Å². The number of benzene rings is 2. The van der Waals surface area contributed by atoms with E-state index in [-0.39, 0.29) is 5.56 Å². The van der Waals surface area contributed by atoms with E-state index in [1.54, 1.807) is 35.2 Å². The highest BCUT2D eigenvalue weighted by Crippen LogP contribution is 2.24. The summed E-state index contributed by atoms with van der Waals surface area (Å²) in [5, 5.41) is 19.9. The second kappa shape index (κ2) is 7.93. The molecule has 0 fully saturated rings. The molecule has 0 atom stereocenters. The van der Waals surface area contributed by atoms with Crippen LogP contribution < -0.4 is 5.32 Å². The van der Waals surface area contributed by atoms with Crippen LogP contribution in [0.15, 0.2) is 67.1 Å². The van der Waals surface area contributed by atoms with Gasteiger partial charge in [0.05, 0.1) is 11.3 Å². The molecule has 4 rings (SSSR count). The molecule has 4 aromatic rings. The molecule has 8 heteroatoms. The van der Waals surface area contributed by atoms with Crippen molar-refractivity contribution in [2.75, 3.05) is 5.32 Å². The Balaban J connectivity index is 1.59. The van der Waals surface area contributed by atoms with Crippen molar-refractivity contribution >= 4 is 11.6 Å². The first kappa shape index (κ1) is 19.0. The van der Waals surface area contributed by atoms with Crippen LogP contribution in [0.4, 0.5) is 10.1 Å². The van der Waals surface area contributed by atoms with Gasteiger partial charge in [-0.05, 0) is 54.6 Å². The third kappa shape index (κ3) is 3.77. The van der Waals surface area contributed by atoms with Crippen LogP contribution in [0.25, 0.3) is 22.6 Å². The van der Waals surface area contributed by atoms with Crippen LogP contribution in [-0.4, -0.2) is 25.7 Å². The van der Waals surface area contributed by atoms with Gasteiger partial charge >= 0.3 is 0 Å². The van der Waals surface area contributed by atoms with E-state index in [0.29, 0.717) is 28.3 Å². The fourth-order valence-electron chi connectivity index (χ4n) is 3.03. The lowest BCUT2D eigenvalue weighted by Gasteiger charge is -2.09. The fourth-order valence-corrected chi connectivity index (χ4v) is 3.03. The number of rotatable bonds is 4. The molecule has 1 N–H and O–H groups in total. The van der Waals surface area contributed by atoms with E-state index in [0.717, 1.165) is 11.6 Å². The molecule has 7 nitrogen and oxygen atoms in total. The van der Waals surface area contributed by atoms with Gasteiger partial charge in [0.15, 0.2) is 5.82 Å². The van der Waals surface area contributed by atoms with Gasteiger partial charge < -0.3 is 9.88 Å². The number of anilines is 1. The van der Waals surface area contributed by atoms with E-state index in [9.17, 15) is 14.4 Å². The highest BCUT2D eigenvalue weighted by molar-refractivity contribution is 6.05. The lowest BCUT2D eigenvalue weighted by molar-refractivity contribution is 0.102. The smallest absolute Gasteiger partial charge is 0.255 e. The Morgan fingerprint density at radius 3 is 2.63 bits per heavy atom. The number of amides is 1. The third-order valence-corrected chi connectivity index (χ3v) is 4.47.